The zero-order valence-corrected chi connectivity index (χ0v) is 12.9. The molecular weight excluding hydrogens is 314 g/mol. The monoisotopic (exact) mass is 329 g/mol. The lowest BCUT2D eigenvalue weighted by atomic mass is 10.1. The number of thioether (sulfide) groups is 1. The summed E-state index contributed by atoms with van der Waals surface area (Å²) >= 11 is 5.15. The predicted octanol–water partition coefficient (Wildman–Crippen LogP) is 3.59. The summed E-state index contributed by atoms with van der Waals surface area (Å²) in [6, 6.07) is 2.06. The molecule has 2 rings (SSSR count). The summed E-state index contributed by atoms with van der Waals surface area (Å²) < 4.78 is 5.75. The Morgan fingerprint density at radius 2 is 2.33 bits per heavy atom. The van der Waals surface area contributed by atoms with Gasteiger partial charge in [-0.05, 0) is 52.7 Å². The number of pyridine rings is 1. The summed E-state index contributed by atoms with van der Waals surface area (Å²) in [7, 11) is 1.45. The lowest BCUT2D eigenvalue weighted by Gasteiger charge is -2.13. The Hall–Kier alpha value is -0.550. The molecular formula is C13H16BrNO2S. The highest BCUT2D eigenvalue weighted by Crippen LogP contribution is 2.52. The van der Waals surface area contributed by atoms with E-state index in [4.69, 9.17) is 4.74 Å². The van der Waals surface area contributed by atoms with Crippen molar-refractivity contribution in [3.63, 3.8) is 0 Å². The third-order valence-corrected chi connectivity index (χ3v) is 5.11. The molecule has 18 heavy (non-hydrogen) atoms. The van der Waals surface area contributed by atoms with Crippen LogP contribution in [0.2, 0.25) is 0 Å². The minimum atomic E-state index is -0.103. The van der Waals surface area contributed by atoms with Crippen molar-refractivity contribution < 1.29 is 9.53 Å². The van der Waals surface area contributed by atoms with Gasteiger partial charge in [0.05, 0.1) is 18.6 Å². The van der Waals surface area contributed by atoms with Gasteiger partial charge in [0.1, 0.15) is 0 Å². The van der Waals surface area contributed by atoms with Crippen molar-refractivity contribution in [2.24, 2.45) is 5.41 Å². The molecule has 0 amide bonds. The van der Waals surface area contributed by atoms with Crippen molar-refractivity contribution in [3.8, 4) is 0 Å². The maximum absolute atomic E-state index is 11.3. The van der Waals surface area contributed by atoms with Crippen LogP contribution >= 0.6 is 27.7 Å². The number of halogens is 1. The molecule has 1 aliphatic carbocycles. The number of carbonyl (C=O) groups is 1. The highest BCUT2D eigenvalue weighted by atomic mass is 79.9. The van der Waals surface area contributed by atoms with Gasteiger partial charge in [0, 0.05) is 16.4 Å². The third-order valence-electron chi connectivity index (χ3n) is 3.22. The van der Waals surface area contributed by atoms with E-state index in [-0.39, 0.29) is 11.4 Å². The van der Waals surface area contributed by atoms with Gasteiger partial charge in [0.2, 0.25) is 0 Å². The van der Waals surface area contributed by atoms with E-state index in [1.54, 1.807) is 11.8 Å². The van der Waals surface area contributed by atoms with Crippen molar-refractivity contribution in [1.29, 1.82) is 0 Å². The minimum Gasteiger partial charge on any atom is -0.469 e. The van der Waals surface area contributed by atoms with Crippen LogP contribution in [0.5, 0.6) is 0 Å². The van der Waals surface area contributed by atoms with E-state index in [9.17, 15) is 4.79 Å². The molecule has 1 aromatic rings. The maximum Gasteiger partial charge on any atom is 0.306 e. The second-order valence-corrected chi connectivity index (χ2v) is 6.70. The van der Waals surface area contributed by atoms with Gasteiger partial charge in [-0.25, -0.2) is 4.98 Å². The highest BCUT2D eigenvalue weighted by Gasteiger charge is 2.44. The number of hydrogen-bond donors (Lipinski definition) is 0. The lowest BCUT2D eigenvalue weighted by Crippen LogP contribution is -2.13. The summed E-state index contributed by atoms with van der Waals surface area (Å²) in [5, 5.41) is 1.05. The normalized spacial score (nSPS) is 16.4. The average molecular weight is 330 g/mol. The quantitative estimate of drug-likeness (QED) is 0.611. The average Bonchev–Trinajstić information content (AvgIpc) is 3.08. The fourth-order valence-electron chi connectivity index (χ4n) is 1.83. The Kier molecular flexibility index (Phi) is 4.33. The summed E-state index contributed by atoms with van der Waals surface area (Å²) in [4.78, 5) is 15.7. The molecule has 0 N–H and O–H groups in total. The van der Waals surface area contributed by atoms with Crippen LogP contribution < -0.4 is 0 Å². The summed E-state index contributed by atoms with van der Waals surface area (Å²) in [5.74, 6) is 0.839. The van der Waals surface area contributed by atoms with Crippen LogP contribution in [0.3, 0.4) is 0 Å². The molecule has 1 aromatic heterocycles. The van der Waals surface area contributed by atoms with E-state index in [1.165, 1.54) is 12.7 Å². The van der Waals surface area contributed by atoms with Crippen LogP contribution in [0.4, 0.5) is 0 Å². The number of aryl methyl sites for hydroxylation is 1. The van der Waals surface area contributed by atoms with Crippen molar-refractivity contribution in [1.82, 2.24) is 4.98 Å². The molecule has 0 bridgehead atoms. The van der Waals surface area contributed by atoms with Crippen LogP contribution in [0.15, 0.2) is 21.8 Å². The van der Waals surface area contributed by atoms with Crippen LogP contribution in [0.1, 0.15) is 24.8 Å². The Balaban J connectivity index is 1.93. The molecule has 1 heterocycles. The second kappa shape index (κ2) is 5.61. The SMILES string of the molecule is COC(=O)CC1(CSc2ncc(Br)cc2C)CC1. The molecule has 0 radical (unpaired) electrons. The fourth-order valence-corrected chi connectivity index (χ4v) is 3.52. The van der Waals surface area contributed by atoms with Crippen LogP contribution in [0, 0.1) is 12.3 Å². The van der Waals surface area contributed by atoms with Gasteiger partial charge < -0.3 is 4.74 Å². The van der Waals surface area contributed by atoms with Crippen LogP contribution in [-0.4, -0.2) is 23.8 Å². The third kappa shape index (κ3) is 3.48. The van der Waals surface area contributed by atoms with Crippen molar-refractivity contribution >= 4 is 33.7 Å². The van der Waals surface area contributed by atoms with Crippen molar-refractivity contribution in [2.45, 2.75) is 31.2 Å². The van der Waals surface area contributed by atoms with Crippen molar-refractivity contribution in [2.75, 3.05) is 12.9 Å². The molecule has 0 saturated heterocycles. The highest BCUT2D eigenvalue weighted by molar-refractivity contribution is 9.10. The second-order valence-electron chi connectivity index (χ2n) is 4.82. The molecule has 0 aliphatic heterocycles. The molecule has 0 atom stereocenters. The topological polar surface area (TPSA) is 39.2 Å². The van der Waals surface area contributed by atoms with Crippen LogP contribution in [-0.2, 0) is 9.53 Å². The largest absolute Gasteiger partial charge is 0.469 e. The number of methoxy groups -OCH3 is 1. The maximum atomic E-state index is 11.3. The Labute approximate surface area is 120 Å². The molecule has 1 aliphatic rings. The van der Waals surface area contributed by atoms with Gasteiger partial charge in [0.15, 0.2) is 0 Å². The fraction of sp³-hybridized carbons (Fsp3) is 0.538. The molecule has 0 aromatic carbocycles. The van der Waals surface area contributed by atoms with Crippen LogP contribution in [0.25, 0.3) is 0 Å². The van der Waals surface area contributed by atoms with Gasteiger partial charge in [-0.2, -0.15) is 0 Å². The Morgan fingerprint density at radius 1 is 1.61 bits per heavy atom. The number of carbonyl (C=O) groups excluding carboxylic acids is 1. The van der Waals surface area contributed by atoms with E-state index in [1.807, 2.05) is 6.20 Å². The van der Waals surface area contributed by atoms with E-state index >= 15 is 0 Å². The molecule has 1 fully saturated rings. The number of aromatic nitrogens is 1. The van der Waals surface area contributed by atoms with E-state index in [0.717, 1.165) is 28.1 Å². The smallest absolute Gasteiger partial charge is 0.306 e. The summed E-state index contributed by atoms with van der Waals surface area (Å²) in [6.45, 7) is 2.06. The number of rotatable bonds is 5. The number of hydrogen-bond acceptors (Lipinski definition) is 4. The molecule has 98 valence electrons. The molecule has 0 unspecified atom stereocenters. The number of nitrogens with zero attached hydrogens (tertiary/aromatic N) is 1. The Morgan fingerprint density at radius 3 is 2.89 bits per heavy atom. The standard InChI is InChI=1S/C13H16BrNO2S/c1-9-5-10(14)7-15-12(9)18-8-13(3-4-13)6-11(16)17-2/h5,7H,3-4,6,8H2,1-2H3. The molecule has 0 spiro atoms. The van der Waals surface area contributed by atoms with Gasteiger partial charge in [-0.1, -0.05) is 0 Å². The molecule has 1 saturated carbocycles. The van der Waals surface area contributed by atoms with Gasteiger partial charge in [-0.15, -0.1) is 11.8 Å². The van der Waals surface area contributed by atoms with E-state index in [0.29, 0.717) is 6.42 Å². The van der Waals surface area contributed by atoms with E-state index in [2.05, 4.69) is 33.9 Å². The van der Waals surface area contributed by atoms with Crippen molar-refractivity contribution in [3.05, 3.63) is 22.3 Å². The van der Waals surface area contributed by atoms with Gasteiger partial charge in [0.25, 0.3) is 0 Å². The zero-order valence-electron chi connectivity index (χ0n) is 10.5. The first-order valence-electron chi connectivity index (χ1n) is 5.86. The van der Waals surface area contributed by atoms with E-state index < -0.39 is 0 Å². The Bertz CT molecular complexity index is 460. The molecule has 3 nitrogen and oxygen atoms in total. The summed E-state index contributed by atoms with van der Waals surface area (Å²) in [6.07, 6.45) is 4.58. The summed E-state index contributed by atoms with van der Waals surface area (Å²) in [5.41, 5.74) is 1.32. The van der Waals surface area contributed by atoms with Gasteiger partial charge >= 0.3 is 5.97 Å². The number of esters is 1. The first-order chi connectivity index (χ1) is 8.54. The zero-order chi connectivity index (χ0) is 13.2. The molecule has 5 heteroatoms. The first kappa shape index (κ1) is 13.9. The predicted molar refractivity (Wildman–Crippen MR) is 75.7 cm³/mol. The first-order valence-corrected chi connectivity index (χ1v) is 7.64. The van der Waals surface area contributed by atoms with Gasteiger partial charge in [-0.3, -0.25) is 4.79 Å². The lowest BCUT2D eigenvalue weighted by molar-refractivity contribution is -0.141. The number of ether oxygens (including phenoxy) is 1. The minimum absolute atomic E-state index is 0.103.